The minimum absolute atomic E-state index is 0.589. The minimum atomic E-state index is 0.589. The summed E-state index contributed by atoms with van der Waals surface area (Å²) in [5.41, 5.74) is 2.64. The number of benzene rings is 1. The average molecular weight is 274 g/mol. The first-order valence-corrected chi connectivity index (χ1v) is 5.22. The van der Waals surface area contributed by atoms with Crippen LogP contribution in [0.2, 0.25) is 0 Å². The molecule has 1 rings (SSSR count). The number of hydrogen-bond donors (Lipinski definition) is 0. The molecule has 0 radical (unpaired) electrons. The van der Waals surface area contributed by atoms with Crippen molar-refractivity contribution in [3.8, 4) is 5.75 Å². The molecule has 0 N–H and O–H groups in total. The van der Waals surface area contributed by atoms with E-state index < -0.39 is 0 Å². The predicted octanol–water partition coefficient (Wildman–Crippen LogP) is 2.40. The van der Waals surface area contributed by atoms with Crippen LogP contribution < -0.4 is 1.70 Å². The maximum absolute atomic E-state index is 5.31. The van der Waals surface area contributed by atoms with E-state index >= 15 is 0 Å². The van der Waals surface area contributed by atoms with Gasteiger partial charge < -0.3 is 0 Å². The van der Waals surface area contributed by atoms with E-state index in [9.17, 15) is 0 Å². The van der Waals surface area contributed by atoms with Crippen LogP contribution in [0.5, 0.6) is 5.75 Å². The second-order valence-corrected chi connectivity index (χ2v) is 3.31. The van der Waals surface area contributed by atoms with Gasteiger partial charge in [0, 0.05) is 0 Å². The molecule has 11 heavy (non-hydrogen) atoms. The van der Waals surface area contributed by atoms with Crippen LogP contribution in [-0.2, 0) is 6.42 Å². The van der Waals surface area contributed by atoms with E-state index in [1.165, 1.54) is 11.1 Å². The van der Waals surface area contributed by atoms with Gasteiger partial charge in [0.15, 0.2) is 0 Å². The van der Waals surface area contributed by atoms with E-state index in [1.807, 2.05) is 0 Å². The first-order chi connectivity index (χ1) is 5.27. The number of hydrogen-bond acceptors (Lipinski definition) is 1. The van der Waals surface area contributed by atoms with Gasteiger partial charge >= 0.3 is 91.3 Å². The molecule has 0 heterocycles. The van der Waals surface area contributed by atoms with Gasteiger partial charge in [-0.15, -0.1) is 0 Å². The maximum atomic E-state index is 5.31. The third-order valence-electron chi connectivity index (χ3n) is 1.77. The molecule has 0 atom stereocenters. The first kappa shape index (κ1) is 9.30. The van der Waals surface area contributed by atoms with Gasteiger partial charge in [0.2, 0.25) is 0 Å². The van der Waals surface area contributed by atoms with Crippen molar-refractivity contribution in [2.75, 3.05) is 0 Å². The Kier molecular flexibility index (Phi) is 3.63. The summed E-state index contributed by atoms with van der Waals surface area (Å²) in [6, 6.07) is 6.39. The zero-order valence-corrected chi connectivity index (χ0v) is 10.6. The monoisotopic (exact) mass is 274 g/mol. The van der Waals surface area contributed by atoms with Gasteiger partial charge in [0.05, 0.1) is 0 Å². The fourth-order valence-corrected chi connectivity index (χ4v) is 1.89. The first-order valence-electron chi connectivity index (χ1n) is 3.74. The summed E-state index contributed by atoms with van der Waals surface area (Å²) in [6.07, 6.45) is 1.10. The van der Waals surface area contributed by atoms with E-state index in [2.05, 4.69) is 32.0 Å². The molecule has 1 nitrogen and oxygen atoms in total. The van der Waals surface area contributed by atoms with E-state index in [1.54, 1.807) is 0 Å². The van der Waals surface area contributed by atoms with Crippen molar-refractivity contribution in [1.29, 1.82) is 0 Å². The fourth-order valence-electron chi connectivity index (χ4n) is 1.06. The van der Waals surface area contributed by atoms with Crippen molar-refractivity contribution < 1.29 is 36.0 Å². The molecule has 0 spiro atoms. The van der Waals surface area contributed by atoms with Crippen LogP contribution in [0, 0.1) is 41.2 Å². The third kappa shape index (κ3) is 2.33. The van der Waals surface area contributed by atoms with Crippen LogP contribution in [0.4, 0.5) is 0 Å². The van der Waals surface area contributed by atoms with Crippen molar-refractivity contribution in [1.82, 2.24) is 0 Å². The summed E-state index contributed by atoms with van der Waals surface area (Å²) in [5.74, 6) is 1.05. The van der Waals surface area contributed by atoms with Gasteiger partial charge in [0.25, 0.3) is 0 Å². The molecule has 0 fully saturated rings. The fraction of sp³-hybridized carbons (Fsp3) is 0.333. The number of rotatable bonds is 2. The molecule has 1 aromatic rings. The molecule has 0 aliphatic heterocycles. The molecule has 0 amide bonds. The summed E-state index contributed by atoms with van der Waals surface area (Å²) in [7, 11) is 0. The third-order valence-corrected chi connectivity index (χ3v) is 2.57. The molecule has 0 aliphatic rings. The molecule has 0 saturated heterocycles. The quantitative estimate of drug-likeness (QED) is 0.804. The molecule has 0 saturated carbocycles. The molecule has 0 unspecified atom stereocenters. The SMILES string of the molecule is CCc1ccc([O][La])c(C)c1. The molecule has 2 heteroatoms. The van der Waals surface area contributed by atoms with Crippen molar-refractivity contribution in [2.24, 2.45) is 0 Å². The Morgan fingerprint density at radius 1 is 1.45 bits per heavy atom. The summed E-state index contributed by atoms with van der Waals surface area (Å²) in [6.45, 7) is 4.26. The van der Waals surface area contributed by atoms with Crippen molar-refractivity contribution in [2.45, 2.75) is 20.3 Å². The number of aryl methyl sites for hydroxylation is 2. The second kappa shape index (κ2) is 4.29. The zero-order chi connectivity index (χ0) is 8.27. The van der Waals surface area contributed by atoms with Crippen molar-refractivity contribution >= 4 is 0 Å². The molecule has 0 bridgehead atoms. The van der Waals surface area contributed by atoms with Crippen LogP contribution in [0.25, 0.3) is 0 Å². The normalized spacial score (nSPS) is 9.55. The molecule has 0 aromatic heterocycles. The van der Waals surface area contributed by atoms with Gasteiger partial charge in [-0.05, 0) is 0 Å². The van der Waals surface area contributed by atoms with Crippen LogP contribution in [0.15, 0.2) is 18.2 Å². The predicted molar refractivity (Wildman–Crippen MR) is 41.2 cm³/mol. The second-order valence-electron chi connectivity index (χ2n) is 2.57. The zero-order valence-electron chi connectivity index (χ0n) is 6.92. The van der Waals surface area contributed by atoms with E-state index in [4.69, 9.17) is 1.70 Å². The molecule has 1 aromatic carbocycles. The summed E-state index contributed by atoms with van der Waals surface area (Å²) < 4.78 is 5.31. The Balaban J connectivity index is 2.99. The summed E-state index contributed by atoms with van der Waals surface area (Å²) in [4.78, 5) is 0. The van der Waals surface area contributed by atoms with Gasteiger partial charge in [-0.3, -0.25) is 0 Å². The molecular weight excluding hydrogens is 263 g/mol. The van der Waals surface area contributed by atoms with Gasteiger partial charge in [-0.2, -0.15) is 0 Å². The topological polar surface area (TPSA) is 9.23 Å². The van der Waals surface area contributed by atoms with Gasteiger partial charge in [-0.1, -0.05) is 0 Å². The van der Waals surface area contributed by atoms with Crippen LogP contribution in [0.3, 0.4) is 0 Å². The Morgan fingerprint density at radius 2 is 2.18 bits per heavy atom. The van der Waals surface area contributed by atoms with E-state index in [0.717, 1.165) is 12.2 Å². The van der Waals surface area contributed by atoms with Crippen molar-refractivity contribution in [3.63, 3.8) is 0 Å². The van der Waals surface area contributed by atoms with Gasteiger partial charge in [-0.25, -0.2) is 0 Å². The summed E-state index contributed by atoms with van der Waals surface area (Å²) >= 11 is 0.589. The summed E-state index contributed by atoms with van der Waals surface area (Å²) in [5, 5.41) is 0. The average Bonchev–Trinajstić information content (AvgIpc) is 2.04. The Morgan fingerprint density at radius 3 is 2.64 bits per heavy atom. The van der Waals surface area contributed by atoms with E-state index in [0.29, 0.717) is 34.3 Å². The molecule has 56 valence electrons. The van der Waals surface area contributed by atoms with Crippen LogP contribution >= 0.6 is 0 Å². The Labute approximate surface area is 90.7 Å². The molecular formula is C9H11LaO. The standard InChI is InChI=1S/C9H12O.La/c1-3-8-4-5-9(10)7(2)6-8;/h4-6,10H,3H2,1-2H3;/q;+1/p-1. The van der Waals surface area contributed by atoms with Crippen LogP contribution in [0.1, 0.15) is 18.1 Å². The van der Waals surface area contributed by atoms with E-state index in [-0.39, 0.29) is 0 Å². The van der Waals surface area contributed by atoms with Crippen molar-refractivity contribution in [3.05, 3.63) is 29.3 Å². The molecule has 0 aliphatic carbocycles. The Bertz CT molecular complexity index is 245. The van der Waals surface area contributed by atoms with Gasteiger partial charge in [0.1, 0.15) is 0 Å². The van der Waals surface area contributed by atoms with Crippen LogP contribution in [-0.4, -0.2) is 0 Å². The Hall–Kier alpha value is 0.215.